The predicted octanol–water partition coefficient (Wildman–Crippen LogP) is 0.770. The van der Waals surface area contributed by atoms with E-state index in [1.165, 1.54) is 12.1 Å². The molecule has 0 spiro atoms. The molecule has 0 aromatic heterocycles. The molecule has 20 heavy (non-hydrogen) atoms. The van der Waals surface area contributed by atoms with Crippen molar-refractivity contribution in [2.24, 2.45) is 0 Å². The van der Waals surface area contributed by atoms with Gasteiger partial charge in [0.15, 0.2) is 6.10 Å². The summed E-state index contributed by atoms with van der Waals surface area (Å²) in [5.41, 5.74) is 5.53. The summed E-state index contributed by atoms with van der Waals surface area (Å²) in [6.45, 7) is 0.145. The summed E-state index contributed by atoms with van der Waals surface area (Å²) in [4.78, 5) is 22.5. The third kappa shape index (κ3) is 3.24. The van der Waals surface area contributed by atoms with Gasteiger partial charge in [-0.25, -0.2) is 9.18 Å². The van der Waals surface area contributed by atoms with E-state index in [2.05, 4.69) is 5.32 Å². The fraction of sp³-hybridized carbons (Fsp3) is 0.385. The smallest absolute Gasteiger partial charge is 0.332 e. The van der Waals surface area contributed by atoms with Gasteiger partial charge in [-0.3, -0.25) is 4.79 Å². The van der Waals surface area contributed by atoms with Crippen LogP contribution in [0, 0.1) is 5.82 Å². The molecular formula is C13H15FN2O4. The normalized spacial score (nSPS) is 21.6. The first-order valence-electron chi connectivity index (χ1n) is 6.19. The van der Waals surface area contributed by atoms with Gasteiger partial charge in [0.25, 0.3) is 5.91 Å². The molecule has 1 heterocycles. The average molecular weight is 282 g/mol. The lowest BCUT2D eigenvalue weighted by Gasteiger charge is -2.12. The monoisotopic (exact) mass is 282 g/mol. The van der Waals surface area contributed by atoms with Gasteiger partial charge in [-0.2, -0.15) is 0 Å². The van der Waals surface area contributed by atoms with Crippen molar-refractivity contribution >= 4 is 17.6 Å². The molecule has 1 aromatic rings. The summed E-state index contributed by atoms with van der Waals surface area (Å²) in [6.07, 6.45) is -0.241. The molecule has 2 rings (SSSR count). The highest BCUT2D eigenvalue weighted by Gasteiger charge is 2.30. The molecule has 0 aliphatic carbocycles. The van der Waals surface area contributed by atoms with Crippen LogP contribution in [0.25, 0.3) is 0 Å². The Bertz CT molecular complexity index is 535. The minimum absolute atomic E-state index is 0.105. The van der Waals surface area contributed by atoms with Gasteiger partial charge in [-0.05, 0) is 31.0 Å². The number of aliphatic carboxylic acids is 1. The van der Waals surface area contributed by atoms with Crippen LogP contribution in [0.1, 0.15) is 23.2 Å². The third-order valence-corrected chi connectivity index (χ3v) is 3.11. The maximum absolute atomic E-state index is 13.5. The van der Waals surface area contributed by atoms with Gasteiger partial charge in [-0.1, -0.05) is 0 Å². The number of nitrogen functional groups attached to an aromatic ring is 1. The van der Waals surface area contributed by atoms with Crippen LogP contribution in [0.2, 0.25) is 0 Å². The minimum atomic E-state index is -1.01. The lowest BCUT2D eigenvalue weighted by molar-refractivity contribution is -0.149. The molecule has 1 aliphatic rings. The number of ether oxygens (including phenoxy) is 1. The maximum atomic E-state index is 13.5. The number of carboxylic acid groups (broad SMARTS) is 1. The Morgan fingerprint density at radius 2 is 2.20 bits per heavy atom. The fourth-order valence-electron chi connectivity index (χ4n) is 2.05. The summed E-state index contributed by atoms with van der Waals surface area (Å²) < 4.78 is 18.7. The molecule has 4 N–H and O–H groups in total. The second-order valence-corrected chi connectivity index (χ2v) is 4.61. The number of carbonyl (C=O) groups excluding carboxylic acids is 1. The zero-order valence-corrected chi connectivity index (χ0v) is 10.6. The molecule has 0 bridgehead atoms. The van der Waals surface area contributed by atoms with E-state index in [1.54, 1.807) is 0 Å². The first-order chi connectivity index (χ1) is 9.47. The van der Waals surface area contributed by atoms with Crippen molar-refractivity contribution in [3.05, 3.63) is 29.6 Å². The van der Waals surface area contributed by atoms with Crippen LogP contribution in [0.4, 0.5) is 10.1 Å². The lowest BCUT2D eigenvalue weighted by atomic mass is 10.1. The first kappa shape index (κ1) is 14.3. The molecule has 1 saturated heterocycles. The minimum Gasteiger partial charge on any atom is -0.479 e. The number of nitrogens with one attached hydrogen (secondary N) is 1. The standard InChI is InChI=1S/C13H15FN2O4/c14-10-5-7(15)1-3-9(10)12(17)16-6-8-2-4-11(20-8)13(18)19/h1,3,5,8,11H,2,4,6,15H2,(H,16,17)(H,18,19). The van der Waals surface area contributed by atoms with Crippen LogP contribution in [-0.2, 0) is 9.53 Å². The molecule has 0 radical (unpaired) electrons. The lowest BCUT2D eigenvalue weighted by Crippen LogP contribution is -2.33. The van der Waals surface area contributed by atoms with Crippen molar-refractivity contribution in [1.29, 1.82) is 0 Å². The molecule has 1 amide bonds. The van der Waals surface area contributed by atoms with Crippen LogP contribution in [0.5, 0.6) is 0 Å². The summed E-state index contributed by atoms with van der Waals surface area (Å²) in [7, 11) is 0. The Morgan fingerprint density at radius 1 is 1.45 bits per heavy atom. The maximum Gasteiger partial charge on any atom is 0.332 e. The van der Waals surface area contributed by atoms with E-state index in [9.17, 15) is 14.0 Å². The van der Waals surface area contributed by atoms with Crippen LogP contribution >= 0.6 is 0 Å². The number of benzene rings is 1. The number of nitrogens with two attached hydrogens (primary N) is 1. The number of carbonyl (C=O) groups is 2. The van der Waals surface area contributed by atoms with E-state index in [0.717, 1.165) is 6.07 Å². The van der Waals surface area contributed by atoms with Crippen molar-refractivity contribution in [2.75, 3.05) is 12.3 Å². The largest absolute Gasteiger partial charge is 0.479 e. The second kappa shape index (κ2) is 5.87. The summed E-state index contributed by atoms with van der Waals surface area (Å²) in [5.74, 6) is -2.29. The number of rotatable bonds is 4. The molecule has 2 unspecified atom stereocenters. The van der Waals surface area contributed by atoms with Crippen LogP contribution in [0.15, 0.2) is 18.2 Å². The third-order valence-electron chi connectivity index (χ3n) is 3.11. The summed E-state index contributed by atoms with van der Waals surface area (Å²) >= 11 is 0. The van der Waals surface area contributed by atoms with Gasteiger partial charge in [-0.15, -0.1) is 0 Å². The Morgan fingerprint density at radius 3 is 2.80 bits per heavy atom. The highest BCUT2D eigenvalue weighted by molar-refractivity contribution is 5.94. The fourth-order valence-corrected chi connectivity index (χ4v) is 2.05. The molecule has 0 saturated carbocycles. The van der Waals surface area contributed by atoms with E-state index < -0.39 is 23.8 Å². The van der Waals surface area contributed by atoms with Crippen molar-refractivity contribution in [2.45, 2.75) is 25.0 Å². The van der Waals surface area contributed by atoms with Gasteiger partial charge in [0.1, 0.15) is 5.82 Å². The average Bonchev–Trinajstić information content (AvgIpc) is 2.85. The Labute approximate surface area is 114 Å². The van der Waals surface area contributed by atoms with E-state index >= 15 is 0 Å². The van der Waals surface area contributed by atoms with Gasteiger partial charge in [0, 0.05) is 12.2 Å². The van der Waals surface area contributed by atoms with Crippen LogP contribution in [-0.4, -0.2) is 35.7 Å². The van der Waals surface area contributed by atoms with E-state index in [4.69, 9.17) is 15.6 Å². The Hall–Kier alpha value is -2.15. The molecule has 7 heteroatoms. The quantitative estimate of drug-likeness (QED) is 0.708. The van der Waals surface area contributed by atoms with Gasteiger partial charge in [0.05, 0.1) is 11.7 Å². The van der Waals surface area contributed by atoms with Crippen molar-refractivity contribution in [1.82, 2.24) is 5.32 Å². The number of anilines is 1. The van der Waals surface area contributed by atoms with E-state index in [0.29, 0.717) is 12.8 Å². The Kier molecular flexibility index (Phi) is 4.19. The van der Waals surface area contributed by atoms with E-state index in [-0.39, 0.29) is 23.9 Å². The zero-order chi connectivity index (χ0) is 14.7. The van der Waals surface area contributed by atoms with Crippen molar-refractivity contribution < 1.29 is 23.8 Å². The predicted molar refractivity (Wildman–Crippen MR) is 68.7 cm³/mol. The second-order valence-electron chi connectivity index (χ2n) is 4.61. The summed E-state index contributed by atoms with van der Waals surface area (Å²) in [6, 6.07) is 3.81. The molecule has 1 aromatic carbocycles. The van der Waals surface area contributed by atoms with Crippen molar-refractivity contribution in [3.8, 4) is 0 Å². The molecular weight excluding hydrogens is 267 g/mol. The van der Waals surface area contributed by atoms with E-state index in [1.807, 2.05) is 0 Å². The number of amides is 1. The zero-order valence-electron chi connectivity index (χ0n) is 10.6. The molecule has 1 fully saturated rings. The SMILES string of the molecule is Nc1ccc(C(=O)NCC2CCC(C(=O)O)O2)c(F)c1. The van der Waals surface area contributed by atoms with Crippen LogP contribution < -0.4 is 11.1 Å². The van der Waals surface area contributed by atoms with Gasteiger partial charge >= 0.3 is 5.97 Å². The number of hydrogen-bond donors (Lipinski definition) is 3. The highest BCUT2D eigenvalue weighted by atomic mass is 19.1. The Balaban J connectivity index is 1.88. The topological polar surface area (TPSA) is 102 Å². The number of carboxylic acids is 1. The molecule has 2 atom stereocenters. The van der Waals surface area contributed by atoms with Gasteiger partial charge < -0.3 is 20.9 Å². The number of halogens is 1. The molecule has 6 nitrogen and oxygen atoms in total. The van der Waals surface area contributed by atoms with Crippen LogP contribution in [0.3, 0.4) is 0 Å². The summed E-state index contributed by atoms with van der Waals surface area (Å²) in [5, 5.41) is 11.3. The highest BCUT2D eigenvalue weighted by Crippen LogP contribution is 2.19. The molecule has 108 valence electrons. The van der Waals surface area contributed by atoms with Gasteiger partial charge in [0.2, 0.25) is 0 Å². The van der Waals surface area contributed by atoms with Crippen molar-refractivity contribution in [3.63, 3.8) is 0 Å². The first-order valence-corrected chi connectivity index (χ1v) is 6.19. The molecule has 1 aliphatic heterocycles. The number of hydrogen-bond acceptors (Lipinski definition) is 4.